The van der Waals surface area contributed by atoms with Gasteiger partial charge in [-0.2, -0.15) is 0 Å². The van der Waals surface area contributed by atoms with Gasteiger partial charge in [-0.05, 0) is 28.1 Å². The summed E-state index contributed by atoms with van der Waals surface area (Å²) in [5, 5.41) is 0. The minimum absolute atomic E-state index is 0.0983. The van der Waals surface area contributed by atoms with E-state index in [0.717, 1.165) is 30.4 Å². The summed E-state index contributed by atoms with van der Waals surface area (Å²) in [6.07, 6.45) is 1.80. The Kier molecular flexibility index (Phi) is 4.41. The third-order valence-corrected chi connectivity index (χ3v) is 4.68. The van der Waals surface area contributed by atoms with Gasteiger partial charge in [0.2, 0.25) is 0 Å². The number of carbonyl (C=O) groups excluding carboxylic acids is 1. The largest absolute Gasteiger partial charge is 0.313 e. The highest BCUT2D eigenvalue weighted by molar-refractivity contribution is 9.10. The predicted octanol–water partition coefficient (Wildman–Crippen LogP) is 3.08. The molecule has 1 aromatic rings. The molecule has 1 aliphatic rings. The van der Waals surface area contributed by atoms with E-state index >= 15 is 0 Å². The fourth-order valence-electron chi connectivity index (χ4n) is 2.33. The van der Waals surface area contributed by atoms with Crippen LogP contribution < -0.4 is 0 Å². The second-order valence-electron chi connectivity index (χ2n) is 5.17. The Morgan fingerprint density at radius 1 is 1.50 bits per heavy atom. The van der Waals surface area contributed by atoms with Gasteiger partial charge in [0, 0.05) is 18.8 Å². The number of carbonyl (C=O) groups is 1. The van der Waals surface area contributed by atoms with Crippen LogP contribution in [0.25, 0.3) is 0 Å². The number of nitrogens with zero attached hydrogens (tertiary/aromatic N) is 2. The van der Waals surface area contributed by atoms with Gasteiger partial charge in [-0.1, -0.05) is 17.7 Å². The van der Waals surface area contributed by atoms with Crippen LogP contribution in [0.3, 0.4) is 0 Å². The SMILES string of the molecule is C[N+]1(CCl)CCC(C(=O)c2cccc(Br)n2)CC1. The lowest BCUT2D eigenvalue weighted by atomic mass is 9.90. The Hall–Kier alpha value is -0.450. The van der Waals surface area contributed by atoms with Gasteiger partial charge in [-0.3, -0.25) is 4.79 Å². The lowest BCUT2D eigenvalue weighted by Crippen LogP contribution is -2.49. The molecule has 2 heterocycles. The molecule has 0 N–H and O–H groups in total. The van der Waals surface area contributed by atoms with E-state index in [-0.39, 0.29) is 11.7 Å². The number of ketones is 1. The van der Waals surface area contributed by atoms with Gasteiger partial charge in [0.25, 0.3) is 0 Å². The van der Waals surface area contributed by atoms with Crippen molar-refractivity contribution in [2.45, 2.75) is 12.8 Å². The second kappa shape index (κ2) is 5.68. The number of aromatic nitrogens is 1. The third kappa shape index (κ3) is 3.11. The summed E-state index contributed by atoms with van der Waals surface area (Å²) in [5.41, 5.74) is 0.566. The Morgan fingerprint density at radius 2 is 2.17 bits per heavy atom. The average Bonchev–Trinajstić information content (AvgIpc) is 2.39. The predicted molar refractivity (Wildman–Crippen MR) is 75.6 cm³/mol. The smallest absolute Gasteiger partial charge is 0.184 e. The molecule has 0 saturated carbocycles. The molecule has 0 amide bonds. The zero-order valence-electron chi connectivity index (χ0n) is 10.4. The molecule has 0 bridgehead atoms. The number of hydrogen-bond donors (Lipinski definition) is 0. The molecule has 5 heteroatoms. The van der Waals surface area contributed by atoms with Gasteiger partial charge < -0.3 is 4.48 Å². The second-order valence-corrected chi connectivity index (χ2v) is 6.22. The van der Waals surface area contributed by atoms with E-state index < -0.39 is 0 Å². The lowest BCUT2D eigenvalue weighted by molar-refractivity contribution is -0.904. The van der Waals surface area contributed by atoms with Gasteiger partial charge in [0.05, 0.1) is 20.1 Å². The van der Waals surface area contributed by atoms with E-state index in [1.54, 1.807) is 6.07 Å². The van der Waals surface area contributed by atoms with Crippen molar-refractivity contribution in [3.8, 4) is 0 Å². The van der Waals surface area contributed by atoms with E-state index in [1.165, 1.54) is 0 Å². The van der Waals surface area contributed by atoms with Crippen molar-refractivity contribution >= 4 is 33.3 Å². The normalized spacial score (nSPS) is 28.1. The molecule has 0 aromatic carbocycles. The molecule has 2 rings (SSSR count). The van der Waals surface area contributed by atoms with Crippen LogP contribution in [0.5, 0.6) is 0 Å². The maximum atomic E-state index is 12.3. The van der Waals surface area contributed by atoms with Crippen LogP contribution in [0.2, 0.25) is 0 Å². The quantitative estimate of drug-likeness (QED) is 0.280. The fourth-order valence-corrected chi connectivity index (χ4v) is 2.91. The van der Waals surface area contributed by atoms with Crippen LogP contribution in [0.4, 0.5) is 0 Å². The number of piperidine rings is 1. The molecule has 1 saturated heterocycles. The Morgan fingerprint density at radius 3 is 2.72 bits per heavy atom. The first-order valence-electron chi connectivity index (χ1n) is 6.10. The third-order valence-electron chi connectivity index (χ3n) is 3.66. The molecule has 0 atom stereocenters. The molecule has 0 radical (unpaired) electrons. The van der Waals surface area contributed by atoms with Crippen molar-refractivity contribution in [2.75, 3.05) is 26.1 Å². The molecule has 0 unspecified atom stereocenters. The van der Waals surface area contributed by atoms with Gasteiger partial charge in [0.15, 0.2) is 11.8 Å². The number of likely N-dealkylation sites (tertiary alicyclic amines) is 1. The molecule has 18 heavy (non-hydrogen) atoms. The zero-order chi connectivity index (χ0) is 13.2. The van der Waals surface area contributed by atoms with Crippen LogP contribution in [-0.2, 0) is 0 Å². The van der Waals surface area contributed by atoms with E-state index in [0.29, 0.717) is 16.3 Å². The van der Waals surface area contributed by atoms with E-state index in [4.69, 9.17) is 11.6 Å². The van der Waals surface area contributed by atoms with Gasteiger partial charge in [-0.15, -0.1) is 0 Å². The molecular formula is C13H17BrClN2O+. The van der Waals surface area contributed by atoms with Crippen LogP contribution >= 0.6 is 27.5 Å². The van der Waals surface area contributed by atoms with E-state index in [9.17, 15) is 4.79 Å². The monoisotopic (exact) mass is 331 g/mol. The lowest BCUT2D eigenvalue weighted by Gasteiger charge is -2.38. The van der Waals surface area contributed by atoms with Gasteiger partial charge in [0.1, 0.15) is 10.3 Å². The summed E-state index contributed by atoms with van der Waals surface area (Å²) < 4.78 is 1.57. The zero-order valence-corrected chi connectivity index (χ0v) is 12.7. The standard InChI is InChI=1S/C13H17BrClN2O/c1-17(9-15)7-5-10(6-8-17)13(18)11-3-2-4-12(14)16-11/h2-4,10H,5-9H2,1H3/q+1. The molecule has 3 nitrogen and oxygen atoms in total. The van der Waals surface area contributed by atoms with Crippen LogP contribution in [0.1, 0.15) is 23.3 Å². The minimum Gasteiger partial charge on any atom is -0.313 e. The highest BCUT2D eigenvalue weighted by atomic mass is 79.9. The molecule has 1 aliphatic heterocycles. The van der Waals surface area contributed by atoms with Crippen LogP contribution in [-0.4, -0.2) is 41.4 Å². The Labute approximate surface area is 121 Å². The molecule has 0 spiro atoms. The summed E-state index contributed by atoms with van der Waals surface area (Å²) in [6, 6.07) is 6.10. The number of pyridine rings is 1. The molecule has 98 valence electrons. The minimum atomic E-state index is 0.0983. The molecule has 1 fully saturated rings. The number of halogens is 2. The Balaban J connectivity index is 2.04. The molecular weight excluding hydrogens is 316 g/mol. The molecule has 0 aliphatic carbocycles. The van der Waals surface area contributed by atoms with Crippen molar-refractivity contribution in [2.24, 2.45) is 5.92 Å². The van der Waals surface area contributed by atoms with Crippen molar-refractivity contribution in [1.82, 2.24) is 4.98 Å². The maximum absolute atomic E-state index is 12.3. The van der Waals surface area contributed by atoms with Crippen molar-refractivity contribution in [3.05, 3.63) is 28.5 Å². The highest BCUT2D eigenvalue weighted by Gasteiger charge is 2.33. The first-order valence-corrected chi connectivity index (χ1v) is 7.43. The number of alkyl halides is 1. The Bertz CT molecular complexity index is 444. The van der Waals surface area contributed by atoms with Crippen LogP contribution in [0.15, 0.2) is 22.8 Å². The van der Waals surface area contributed by atoms with E-state index in [1.807, 2.05) is 12.1 Å². The van der Waals surface area contributed by atoms with Gasteiger partial charge >= 0.3 is 0 Å². The first-order chi connectivity index (χ1) is 8.54. The average molecular weight is 333 g/mol. The summed E-state index contributed by atoms with van der Waals surface area (Å²) in [4.78, 5) is 16.6. The van der Waals surface area contributed by atoms with E-state index in [2.05, 4.69) is 28.0 Å². The summed E-state index contributed by atoms with van der Waals surface area (Å²) in [7, 11) is 2.14. The van der Waals surface area contributed by atoms with Crippen LogP contribution in [0, 0.1) is 5.92 Å². The highest BCUT2D eigenvalue weighted by Crippen LogP contribution is 2.25. The maximum Gasteiger partial charge on any atom is 0.184 e. The fraction of sp³-hybridized carbons (Fsp3) is 0.538. The van der Waals surface area contributed by atoms with Gasteiger partial charge in [-0.25, -0.2) is 4.98 Å². The van der Waals surface area contributed by atoms with Crippen molar-refractivity contribution in [3.63, 3.8) is 0 Å². The summed E-state index contributed by atoms with van der Waals surface area (Å²) >= 11 is 9.26. The van der Waals surface area contributed by atoms with Crippen molar-refractivity contribution in [1.29, 1.82) is 0 Å². The molecule has 1 aromatic heterocycles. The number of quaternary nitrogens is 1. The number of Topliss-reactive ketones (excluding diaryl/α,β-unsaturated/α-hetero) is 1. The summed E-state index contributed by atoms with van der Waals surface area (Å²) in [6.45, 7) is 1.93. The summed E-state index contributed by atoms with van der Waals surface area (Å²) in [5.74, 6) is 0.262. The topological polar surface area (TPSA) is 30.0 Å². The van der Waals surface area contributed by atoms with Crippen molar-refractivity contribution < 1.29 is 9.28 Å². The number of rotatable bonds is 3. The first kappa shape index (κ1) is 14.0. The number of hydrogen-bond acceptors (Lipinski definition) is 2.